The summed E-state index contributed by atoms with van der Waals surface area (Å²) in [5.74, 6) is -1.41. The van der Waals surface area contributed by atoms with Gasteiger partial charge in [0.1, 0.15) is 0 Å². The van der Waals surface area contributed by atoms with Crippen LogP contribution in [0, 0.1) is 19.8 Å². The van der Waals surface area contributed by atoms with Crippen LogP contribution >= 0.6 is 0 Å². The van der Waals surface area contributed by atoms with Gasteiger partial charge in [0.25, 0.3) is 0 Å². The molecule has 0 amide bonds. The minimum Gasteiger partial charge on any atom is -0.481 e. The molecule has 0 aliphatic heterocycles. The number of carbonyl (C=O) groups is 1. The van der Waals surface area contributed by atoms with E-state index in [2.05, 4.69) is 9.97 Å². The summed E-state index contributed by atoms with van der Waals surface area (Å²) in [5.41, 5.74) is 2.30. The van der Waals surface area contributed by atoms with Crippen molar-refractivity contribution >= 4 is 5.97 Å². The van der Waals surface area contributed by atoms with Crippen molar-refractivity contribution < 1.29 is 9.90 Å². The molecule has 1 unspecified atom stereocenters. The van der Waals surface area contributed by atoms with E-state index >= 15 is 0 Å². The van der Waals surface area contributed by atoms with E-state index in [1.807, 2.05) is 0 Å². The Bertz CT molecular complexity index is 723. The van der Waals surface area contributed by atoms with E-state index in [0.717, 1.165) is 5.56 Å². The lowest BCUT2D eigenvalue weighted by atomic mass is 9.99. The summed E-state index contributed by atoms with van der Waals surface area (Å²) in [4.78, 5) is 31.2. The Morgan fingerprint density at radius 1 is 1.43 bits per heavy atom. The molecule has 0 radical (unpaired) electrons. The van der Waals surface area contributed by atoms with Gasteiger partial charge in [-0.2, -0.15) is 4.98 Å². The second-order valence-corrected chi connectivity index (χ2v) is 5.03. The van der Waals surface area contributed by atoms with Crippen molar-refractivity contribution in [2.45, 2.75) is 27.2 Å². The molecule has 0 fully saturated rings. The van der Waals surface area contributed by atoms with E-state index < -0.39 is 11.9 Å². The Labute approximate surface area is 122 Å². The zero-order chi connectivity index (χ0) is 15.6. The van der Waals surface area contributed by atoms with Gasteiger partial charge in [0, 0.05) is 17.6 Å². The number of aryl methyl sites for hydroxylation is 1. The summed E-state index contributed by atoms with van der Waals surface area (Å²) in [6.45, 7) is 5.17. The van der Waals surface area contributed by atoms with Gasteiger partial charge in [-0.05, 0) is 38.0 Å². The van der Waals surface area contributed by atoms with Gasteiger partial charge in [0.2, 0.25) is 0 Å². The first-order chi connectivity index (χ1) is 9.91. The van der Waals surface area contributed by atoms with Crippen LogP contribution in [-0.2, 0) is 11.2 Å². The summed E-state index contributed by atoms with van der Waals surface area (Å²) in [5, 5.41) is 9.07. The average Bonchev–Trinajstić information content (AvgIpc) is 2.44. The number of aromatic nitrogens is 3. The zero-order valence-electron chi connectivity index (χ0n) is 12.2. The summed E-state index contributed by atoms with van der Waals surface area (Å²) < 4.78 is 1.46. The first-order valence-electron chi connectivity index (χ1n) is 6.64. The number of rotatable bonds is 4. The number of pyridine rings is 1. The van der Waals surface area contributed by atoms with E-state index in [-0.39, 0.29) is 5.69 Å². The maximum Gasteiger partial charge on any atom is 0.352 e. The largest absolute Gasteiger partial charge is 0.481 e. The first kappa shape index (κ1) is 14.9. The van der Waals surface area contributed by atoms with Crippen molar-refractivity contribution in [3.8, 4) is 5.69 Å². The second kappa shape index (κ2) is 5.87. The molecular weight excluding hydrogens is 270 g/mol. The van der Waals surface area contributed by atoms with Crippen LogP contribution in [0.3, 0.4) is 0 Å². The Morgan fingerprint density at radius 3 is 2.71 bits per heavy atom. The van der Waals surface area contributed by atoms with E-state index in [4.69, 9.17) is 5.11 Å². The van der Waals surface area contributed by atoms with Crippen LogP contribution in [0.5, 0.6) is 0 Å². The number of hydrogen-bond acceptors (Lipinski definition) is 4. The monoisotopic (exact) mass is 287 g/mol. The molecule has 21 heavy (non-hydrogen) atoms. The average molecular weight is 287 g/mol. The first-order valence-corrected chi connectivity index (χ1v) is 6.64. The SMILES string of the molecule is Cc1nc(=O)n(-c2cccnc2)c(C)c1CC(C)C(=O)O. The highest BCUT2D eigenvalue weighted by atomic mass is 16.4. The van der Waals surface area contributed by atoms with Gasteiger partial charge in [-0.15, -0.1) is 0 Å². The van der Waals surface area contributed by atoms with E-state index in [1.54, 1.807) is 45.3 Å². The molecule has 0 aromatic carbocycles. The number of aliphatic carboxylic acids is 1. The van der Waals surface area contributed by atoms with E-state index in [1.165, 1.54) is 4.57 Å². The molecule has 1 N–H and O–H groups in total. The number of carboxylic acid groups (broad SMARTS) is 1. The second-order valence-electron chi connectivity index (χ2n) is 5.03. The Kier molecular flexibility index (Phi) is 4.16. The maximum atomic E-state index is 12.1. The van der Waals surface area contributed by atoms with Crippen LogP contribution in [0.2, 0.25) is 0 Å². The van der Waals surface area contributed by atoms with Crippen molar-refractivity contribution in [3.63, 3.8) is 0 Å². The molecule has 2 rings (SSSR count). The van der Waals surface area contributed by atoms with Gasteiger partial charge >= 0.3 is 11.7 Å². The minimum absolute atomic E-state index is 0.334. The predicted octanol–water partition coefficient (Wildman–Crippen LogP) is 1.51. The van der Waals surface area contributed by atoms with Crippen molar-refractivity contribution in [1.82, 2.24) is 14.5 Å². The van der Waals surface area contributed by atoms with Crippen LogP contribution in [0.4, 0.5) is 0 Å². The summed E-state index contributed by atoms with van der Waals surface area (Å²) in [6, 6.07) is 3.50. The fourth-order valence-corrected chi connectivity index (χ4v) is 2.28. The van der Waals surface area contributed by atoms with Crippen LogP contribution in [0.1, 0.15) is 23.9 Å². The van der Waals surface area contributed by atoms with Crippen molar-refractivity contribution in [3.05, 3.63) is 52.0 Å². The highest BCUT2D eigenvalue weighted by Gasteiger charge is 2.18. The van der Waals surface area contributed by atoms with Gasteiger partial charge in [0.15, 0.2) is 0 Å². The van der Waals surface area contributed by atoms with Crippen LogP contribution in [-0.4, -0.2) is 25.6 Å². The molecule has 2 heterocycles. The molecule has 0 saturated carbocycles. The van der Waals surface area contributed by atoms with Gasteiger partial charge in [-0.1, -0.05) is 6.92 Å². The summed E-state index contributed by atoms with van der Waals surface area (Å²) in [6.07, 6.45) is 3.54. The van der Waals surface area contributed by atoms with Gasteiger partial charge in [0.05, 0.1) is 17.8 Å². The third-order valence-electron chi connectivity index (χ3n) is 3.50. The standard InChI is InChI=1S/C15H17N3O3/c1-9(14(19)20)7-13-10(2)17-15(21)18(11(13)3)12-5-4-6-16-8-12/h4-6,8-9H,7H2,1-3H3,(H,19,20). The fourth-order valence-electron chi connectivity index (χ4n) is 2.28. The molecule has 110 valence electrons. The topological polar surface area (TPSA) is 85.1 Å². The van der Waals surface area contributed by atoms with E-state index in [0.29, 0.717) is 23.5 Å². The lowest BCUT2D eigenvalue weighted by Crippen LogP contribution is -2.27. The molecule has 1 atom stereocenters. The molecule has 0 bridgehead atoms. The predicted molar refractivity (Wildman–Crippen MR) is 77.6 cm³/mol. The number of carboxylic acids is 1. The smallest absolute Gasteiger partial charge is 0.352 e. The third-order valence-corrected chi connectivity index (χ3v) is 3.50. The molecular formula is C15H17N3O3. The molecule has 0 aliphatic carbocycles. The summed E-state index contributed by atoms with van der Waals surface area (Å²) in [7, 11) is 0. The fraction of sp³-hybridized carbons (Fsp3) is 0.333. The Morgan fingerprint density at radius 2 is 2.14 bits per heavy atom. The van der Waals surface area contributed by atoms with Crippen molar-refractivity contribution in [1.29, 1.82) is 0 Å². The van der Waals surface area contributed by atoms with Crippen LogP contribution in [0.15, 0.2) is 29.3 Å². The number of hydrogen-bond donors (Lipinski definition) is 1. The van der Waals surface area contributed by atoms with Gasteiger partial charge in [-0.3, -0.25) is 14.3 Å². The minimum atomic E-state index is -0.868. The summed E-state index contributed by atoms with van der Waals surface area (Å²) >= 11 is 0. The zero-order valence-corrected chi connectivity index (χ0v) is 12.2. The van der Waals surface area contributed by atoms with Gasteiger partial charge in [-0.25, -0.2) is 4.79 Å². The molecule has 0 aliphatic rings. The molecule has 0 saturated heterocycles. The number of nitrogens with zero attached hydrogens (tertiary/aromatic N) is 3. The van der Waals surface area contributed by atoms with Crippen LogP contribution in [0.25, 0.3) is 5.69 Å². The molecule has 6 nitrogen and oxygen atoms in total. The highest BCUT2D eigenvalue weighted by molar-refractivity contribution is 5.70. The maximum absolute atomic E-state index is 12.1. The Balaban J connectivity index is 2.58. The van der Waals surface area contributed by atoms with Crippen molar-refractivity contribution in [2.24, 2.45) is 5.92 Å². The molecule has 2 aromatic heterocycles. The highest BCUT2D eigenvalue weighted by Crippen LogP contribution is 2.17. The molecule has 0 spiro atoms. The van der Waals surface area contributed by atoms with Crippen LogP contribution < -0.4 is 5.69 Å². The Hall–Kier alpha value is -2.50. The quantitative estimate of drug-likeness (QED) is 0.921. The van der Waals surface area contributed by atoms with E-state index in [9.17, 15) is 9.59 Å². The lowest BCUT2D eigenvalue weighted by molar-refractivity contribution is -0.141. The third kappa shape index (κ3) is 2.99. The molecule has 2 aromatic rings. The van der Waals surface area contributed by atoms with Gasteiger partial charge < -0.3 is 5.11 Å². The normalized spacial score (nSPS) is 12.1. The molecule has 6 heteroatoms. The lowest BCUT2D eigenvalue weighted by Gasteiger charge is -2.16. The van der Waals surface area contributed by atoms with Crippen molar-refractivity contribution in [2.75, 3.05) is 0 Å².